The van der Waals surface area contributed by atoms with Gasteiger partial charge in [0.25, 0.3) is 5.84 Å². The van der Waals surface area contributed by atoms with Crippen molar-refractivity contribution in [1.82, 2.24) is 0 Å². The van der Waals surface area contributed by atoms with Crippen molar-refractivity contribution in [3.05, 3.63) is 145 Å². The van der Waals surface area contributed by atoms with Crippen LogP contribution in [-0.4, -0.2) is 33.0 Å². The predicted octanol–water partition coefficient (Wildman–Crippen LogP) is 3.16. The Morgan fingerprint density at radius 3 is 1.50 bits per heavy atom. The number of nitrogens with one attached hydrogen (secondary N) is 1. The van der Waals surface area contributed by atoms with Gasteiger partial charge in [0.2, 0.25) is 5.84 Å². The zero-order valence-electron chi connectivity index (χ0n) is 23.7. The molecular formula is C35H32ClN3O3. The summed E-state index contributed by atoms with van der Waals surface area (Å²) in [5, 5.41) is 0. The average Bonchev–Trinajstić information content (AvgIpc) is 3.05. The van der Waals surface area contributed by atoms with Gasteiger partial charge in [-0.15, -0.1) is 0 Å². The maximum atomic E-state index is 5.48. The molecule has 0 spiro atoms. The molecule has 0 saturated heterocycles. The van der Waals surface area contributed by atoms with E-state index >= 15 is 0 Å². The predicted molar refractivity (Wildman–Crippen MR) is 165 cm³/mol. The molecule has 0 aliphatic rings. The van der Waals surface area contributed by atoms with Crippen LogP contribution >= 0.6 is 0 Å². The van der Waals surface area contributed by atoms with E-state index in [4.69, 9.17) is 19.2 Å². The summed E-state index contributed by atoms with van der Waals surface area (Å²) in [7, 11) is 4.99. The molecule has 0 heterocycles. The van der Waals surface area contributed by atoms with Crippen molar-refractivity contribution in [1.29, 1.82) is 0 Å². The zero-order valence-corrected chi connectivity index (χ0v) is 24.5. The first kappa shape index (κ1) is 29.9. The number of ether oxygens (including phenoxy) is 3. The van der Waals surface area contributed by atoms with Crippen molar-refractivity contribution in [3.8, 4) is 17.2 Å². The fourth-order valence-corrected chi connectivity index (χ4v) is 4.36. The van der Waals surface area contributed by atoms with E-state index in [9.17, 15) is 0 Å². The van der Waals surface area contributed by atoms with Crippen molar-refractivity contribution >= 4 is 28.7 Å². The molecule has 0 amide bonds. The van der Waals surface area contributed by atoms with Gasteiger partial charge >= 0.3 is 0 Å². The number of hydrogen-bond acceptors (Lipinski definition) is 4. The van der Waals surface area contributed by atoms with Gasteiger partial charge in [0.15, 0.2) is 0 Å². The van der Waals surface area contributed by atoms with Crippen LogP contribution in [0.1, 0.15) is 11.1 Å². The summed E-state index contributed by atoms with van der Waals surface area (Å²) in [6.07, 6.45) is 0. The zero-order chi connectivity index (χ0) is 28.4. The first-order valence-electron chi connectivity index (χ1n) is 13.2. The topological polar surface area (TPSA) is 57.3 Å². The van der Waals surface area contributed by atoms with Crippen LogP contribution < -0.4 is 36.5 Å². The third-order valence-corrected chi connectivity index (χ3v) is 6.51. The smallest absolute Gasteiger partial charge is 0.293 e. The molecule has 212 valence electrons. The Kier molecular flexibility index (Phi) is 10.3. The highest BCUT2D eigenvalue weighted by atomic mass is 35.5. The Morgan fingerprint density at radius 1 is 0.548 bits per heavy atom. The molecule has 0 aliphatic carbocycles. The largest absolute Gasteiger partial charge is 1.00 e. The van der Waals surface area contributed by atoms with E-state index in [0.717, 1.165) is 57.1 Å². The third-order valence-electron chi connectivity index (χ3n) is 6.51. The Bertz CT molecular complexity index is 1500. The molecule has 5 rings (SSSR count). The van der Waals surface area contributed by atoms with Crippen molar-refractivity contribution in [2.24, 2.45) is 4.99 Å². The van der Waals surface area contributed by atoms with E-state index in [2.05, 4.69) is 34.2 Å². The molecule has 42 heavy (non-hydrogen) atoms. The van der Waals surface area contributed by atoms with Crippen LogP contribution in [0.15, 0.2) is 138 Å². The molecule has 5 aromatic rings. The Balaban J connectivity index is 0.00000405. The van der Waals surface area contributed by atoms with E-state index in [1.807, 2.05) is 109 Å². The van der Waals surface area contributed by atoms with Gasteiger partial charge in [-0.25, -0.2) is 9.98 Å². The molecule has 5 aromatic carbocycles. The van der Waals surface area contributed by atoms with Crippen LogP contribution in [0.25, 0.3) is 0 Å². The summed E-state index contributed by atoms with van der Waals surface area (Å²) in [5.41, 5.74) is 4.53. The highest BCUT2D eigenvalue weighted by Crippen LogP contribution is 2.26. The van der Waals surface area contributed by atoms with Gasteiger partial charge in [0.1, 0.15) is 28.6 Å². The van der Waals surface area contributed by atoms with Gasteiger partial charge in [-0.05, 0) is 97.1 Å². The summed E-state index contributed by atoms with van der Waals surface area (Å²) in [6, 6.07) is 44.0. The summed E-state index contributed by atoms with van der Waals surface area (Å²) in [5.74, 6) is 3.90. The molecule has 0 aliphatic heterocycles. The van der Waals surface area contributed by atoms with Crippen molar-refractivity contribution in [3.63, 3.8) is 0 Å². The Labute approximate surface area is 253 Å². The number of methoxy groups -OCH3 is 3. The number of amidine groups is 2. The molecule has 0 atom stereocenters. The van der Waals surface area contributed by atoms with Crippen LogP contribution in [0.3, 0.4) is 0 Å². The van der Waals surface area contributed by atoms with Crippen molar-refractivity contribution < 1.29 is 31.6 Å². The number of rotatable bonds is 8. The van der Waals surface area contributed by atoms with E-state index in [1.54, 1.807) is 21.3 Å². The molecule has 0 bridgehead atoms. The van der Waals surface area contributed by atoms with Crippen LogP contribution in [0.4, 0.5) is 17.1 Å². The van der Waals surface area contributed by atoms with Crippen LogP contribution in [0.5, 0.6) is 17.2 Å². The van der Waals surface area contributed by atoms with Gasteiger partial charge in [-0.2, -0.15) is 4.90 Å². The number of benzene rings is 5. The third kappa shape index (κ3) is 7.16. The number of hydrogen-bond donors (Lipinski definition) is 1. The normalized spacial score (nSPS) is 11.3. The fraction of sp³-hybridized carbons (Fsp3) is 0.0857. The lowest BCUT2D eigenvalue weighted by Crippen LogP contribution is -3.00. The number of aliphatic imine (C=N–C) groups is 1. The van der Waals surface area contributed by atoms with Crippen LogP contribution in [0, 0.1) is 0 Å². The van der Waals surface area contributed by atoms with Gasteiger partial charge in [-0.3, -0.25) is 0 Å². The number of anilines is 1. The molecule has 1 N–H and O–H groups in total. The lowest BCUT2D eigenvalue weighted by molar-refractivity contribution is -0.353. The Morgan fingerprint density at radius 2 is 1.00 bits per heavy atom. The number of nitrogens with zero attached hydrogens (tertiary/aromatic N) is 2. The maximum absolute atomic E-state index is 5.48. The first-order chi connectivity index (χ1) is 20.2. The van der Waals surface area contributed by atoms with Crippen LogP contribution in [-0.2, 0) is 0 Å². The fourth-order valence-electron chi connectivity index (χ4n) is 4.36. The first-order valence-corrected chi connectivity index (χ1v) is 13.2. The quantitative estimate of drug-likeness (QED) is 0.227. The lowest BCUT2D eigenvalue weighted by Gasteiger charge is -2.21. The van der Waals surface area contributed by atoms with Gasteiger partial charge in [0.05, 0.1) is 32.6 Å². The summed E-state index contributed by atoms with van der Waals surface area (Å²) >= 11 is 0. The van der Waals surface area contributed by atoms with E-state index < -0.39 is 0 Å². The van der Waals surface area contributed by atoms with E-state index in [1.165, 1.54) is 0 Å². The summed E-state index contributed by atoms with van der Waals surface area (Å²) in [4.78, 5) is 11.0. The summed E-state index contributed by atoms with van der Waals surface area (Å²) < 4.78 is 16.3. The molecule has 0 fully saturated rings. The van der Waals surface area contributed by atoms with Gasteiger partial charge in [-0.1, -0.05) is 36.4 Å². The molecule has 7 heteroatoms. The lowest BCUT2D eigenvalue weighted by atomic mass is 10.1. The monoisotopic (exact) mass is 577 g/mol. The minimum Gasteiger partial charge on any atom is -1.00 e. The van der Waals surface area contributed by atoms with E-state index in [0.29, 0.717) is 0 Å². The highest BCUT2D eigenvalue weighted by Gasteiger charge is 2.31. The average molecular weight is 578 g/mol. The SMILES string of the molecule is COc1ccc(N=C(c2ccccc2)N(C(=[NH+]c2ccc(OC)cc2)c2ccccc2)c2ccc(OC)cc2)cc1.[Cl-]. The second-order valence-corrected chi connectivity index (χ2v) is 9.10. The molecule has 6 nitrogen and oxygen atoms in total. The Hall–Kier alpha value is -5.07. The minimum absolute atomic E-state index is 0. The molecule has 0 aromatic heterocycles. The van der Waals surface area contributed by atoms with Crippen molar-refractivity contribution in [2.45, 2.75) is 0 Å². The molecule has 0 radical (unpaired) electrons. The second kappa shape index (κ2) is 14.5. The van der Waals surface area contributed by atoms with Gasteiger partial charge in [0, 0.05) is 5.56 Å². The molecular weight excluding hydrogens is 546 g/mol. The van der Waals surface area contributed by atoms with Gasteiger partial charge < -0.3 is 26.6 Å². The molecule has 0 saturated carbocycles. The van der Waals surface area contributed by atoms with Crippen LogP contribution in [0.2, 0.25) is 0 Å². The maximum Gasteiger partial charge on any atom is 0.293 e. The standard InChI is InChI=1S/C35H31N3O3.ClH/c1-39-31-20-14-28(15-21-31)36-34(26-10-6-4-7-11-26)38(30-18-24-33(41-3)25-19-30)35(27-12-8-5-9-13-27)37-29-16-22-32(40-2)23-17-29;/h4-25H,1-3H3;1H. The van der Waals surface area contributed by atoms with E-state index in [-0.39, 0.29) is 12.4 Å². The number of halogens is 1. The van der Waals surface area contributed by atoms with Crippen molar-refractivity contribution in [2.75, 3.05) is 26.2 Å². The molecule has 0 unspecified atom stereocenters. The second-order valence-electron chi connectivity index (χ2n) is 9.10. The minimum atomic E-state index is 0. The highest BCUT2D eigenvalue weighted by molar-refractivity contribution is 6.28. The summed E-state index contributed by atoms with van der Waals surface area (Å²) in [6.45, 7) is 0.